The first-order chi connectivity index (χ1) is 7.76. The van der Waals surface area contributed by atoms with Gasteiger partial charge in [0.25, 0.3) is 0 Å². The third-order valence-corrected chi connectivity index (χ3v) is 2.17. The number of pyridine rings is 1. The van der Waals surface area contributed by atoms with Gasteiger partial charge in [0.1, 0.15) is 11.8 Å². The second-order valence-electron chi connectivity index (χ2n) is 3.60. The highest BCUT2D eigenvalue weighted by Gasteiger charge is 2.01. The molecule has 1 atom stereocenters. The predicted molar refractivity (Wildman–Crippen MR) is 61.7 cm³/mol. The molecule has 16 heavy (non-hydrogen) atoms. The third kappa shape index (κ3) is 4.39. The molecule has 0 radical (unpaired) electrons. The minimum atomic E-state index is 0.304. The Hall–Kier alpha value is -1.44. The first-order valence-electron chi connectivity index (χ1n) is 5.42. The van der Waals surface area contributed by atoms with E-state index in [4.69, 9.17) is 10.00 Å². The van der Waals surface area contributed by atoms with Crippen molar-refractivity contribution in [2.45, 2.75) is 26.4 Å². The van der Waals surface area contributed by atoms with E-state index in [-0.39, 0.29) is 0 Å². The summed E-state index contributed by atoms with van der Waals surface area (Å²) < 4.78 is 5.30. The normalized spacial score (nSPS) is 12.1. The quantitative estimate of drug-likeness (QED) is 0.787. The summed E-state index contributed by atoms with van der Waals surface area (Å²) in [5, 5.41) is 12.0. The lowest BCUT2D eigenvalue weighted by Gasteiger charge is -2.13. The monoisotopic (exact) mass is 219 g/mol. The van der Waals surface area contributed by atoms with Gasteiger partial charge in [-0.3, -0.25) is 0 Å². The lowest BCUT2D eigenvalue weighted by molar-refractivity contribution is 0.127. The van der Waals surface area contributed by atoms with Crippen LogP contribution in [0.15, 0.2) is 18.3 Å². The number of nitrogens with zero attached hydrogens (tertiary/aromatic N) is 2. The van der Waals surface area contributed by atoms with E-state index in [1.54, 1.807) is 12.3 Å². The van der Waals surface area contributed by atoms with E-state index in [1.807, 2.05) is 19.1 Å². The van der Waals surface area contributed by atoms with Crippen LogP contribution in [0.3, 0.4) is 0 Å². The average molecular weight is 219 g/mol. The smallest absolute Gasteiger partial charge is 0.140 e. The van der Waals surface area contributed by atoms with Gasteiger partial charge in [0, 0.05) is 25.4 Å². The minimum absolute atomic E-state index is 0.304. The lowest BCUT2D eigenvalue weighted by Crippen LogP contribution is -2.30. The molecular weight excluding hydrogens is 202 g/mol. The Morgan fingerprint density at radius 3 is 3.12 bits per heavy atom. The van der Waals surface area contributed by atoms with Gasteiger partial charge in [-0.05, 0) is 31.5 Å². The average Bonchev–Trinajstić information content (AvgIpc) is 2.34. The maximum absolute atomic E-state index is 8.70. The van der Waals surface area contributed by atoms with Gasteiger partial charge in [0.2, 0.25) is 0 Å². The number of hydrogen-bond acceptors (Lipinski definition) is 4. The van der Waals surface area contributed by atoms with Crippen LogP contribution in [-0.2, 0) is 11.3 Å². The number of aromatic nitrogens is 1. The largest absolute Gasteiger partial charge is 0.380 e. The van der Waals surface area contributed by atoms with E-state index in [1.165, 1.54) is 0 Å². The molecular formula is C12H17N3O. The van der Waals surface area contributed by atoms with Crippen LogP contribution in [0.5, 0.6) is 0 Å². The van der Waals surface area contributed by atoms with E-state index >= 15 is 0 Å². The number of rotatable bonds is 6. The number of hydrogen-bond donors (Lipinski definition) is 1. The Balaban J connectivity index is 2.39. The van der Waals surface area contributed by atoms with Crippen LogP contribution in [-0.4, -0.2) is 24.2 Å². The second kappa shape index (κ2) is 6.94. The van der Waals surface area contributed by atoms with Crippen molar-refractivity contribution < 1.29 is 4.74 Å². The Bertz CT molecular complexity index is 360. The fraction of sp³-hybridized carbons (Fsp3) is 0.500. The van der Waals surface area contributed by atoms with Crippen LogP contribution in [0.2, 0.25) is 0 Å². The topological polar surface area (TPSA) is 57.9 Å². The summed E-state index contributed by atoms with van der Waals surface area (Å²) in [7, 11) is 0. The molecule has 0 fully saturated rings. The van der Waals surface area contributed by atoms with Crippen LogP contribution < -0.4 is 5.32 Å². The Morgan fingerprint density at radius 2 is 2.44 bits per heavy atom. The molecule has 1 aromatic rings. The molecule has 86 valence electrons. The molecule has 0 amide bonds. The highest BCUT2D eigenvalue weighted by atomic mass is 16.5. The molecule has 0 aromatic carbocycles. The summed E-state index contributed by atoms with van der Waals surface area (Å²) in [4.78, 5) is 3.92. The van der Waals surface area contributed by atoms with Crippen molar-refractivity contribution >= 4 is 0 Å². The summed E-state index contributed by atoms with van der Waals surface area (Å²) in [6.07, 6.45) is 1.66. The van der Waals surface area contributed by atoms with Crippen LogP contribution in [0, 0.1) is 11.3 Å². The maximum atomic E-state index is 8.70. The molecule has 0 aliphatic rings. The fourth-order valence-corrected chi connectivity index (χ4v) is 1.29. The van der Waals surface area contributed by atoms with Gasteiger partial charge in [-0.25, -0.2) is 4.98 Å². The minimum Gasteiger partial charge on any atom is -0.380 e. The Morgan fingerprint density at radius 1 is 1.62 bits per heavy atom. The lowest BCUT2D eigenvalue weighted by atomic mass is 10.2. The standard InChI is InChI=1S/C12H17N3O/c1-3-16-9-10(2)15-8-11-4-5-14-12(6-11)7-13/h4-6,10,15H,3,8-9H2,1-2H3. The van der Waals surface area contributed by atoms with E-state index in [9.17, 15) is 0 Å². The molecule has 1 aromatic heterocycles. The van der Waals surface area contributed by atoms with Gasteiger partial charge in [-0.1, -0.05) is 0 Å². The molecule has 0 bridgehead atoms. The summed E-state index contributed by atoms with van der Waals surface area (Å²) in [5.41, 5.74) is 1.52. The molecule has 1 N–H and O–H groups in total. The van der Waals surface area contributed by atoms with Crippen molar-refractivity contribution in [1.82, 2.24) is 10.3 Å². The van der Waals surface area contributed by atoms with Gasteiger partial charge in [-0.15, -0.1) is 0 Å². The SMILES string of the molecule is CCOCC(C)NCc1ccnc(C#N)c1. The van der Waals surface area contributed by atoms with Gasteiger partial charge >= 0.3 is 0 Å². The van der Waals surface area contributed by atoms with Crippen LogP contribution in [0.4, 0.5) is 0 Å². The van der Waals surface area contributed by atoms with Crippen LogP contribution >= 0.6 is 0 Å². The van der Waals surface area contributed by atoms with Gasteiger partial charge in [0.05, 0.1) is 6.61 Å². The van der Waals surface area contributed by atoms with E-state index in [0.29, 0.717) is 18.3 Å². The predicted octanol–water partition coefficient (Wildman–Crippen LogP) is 1.47. The van der Waals surface area contributed by atoms with Crippen molar-refractivity contribution in [2.24, 2.45) is 0 Å². The van der Waals surface area contributed by atoms with Crippen molar-refractivity contribution in [1.29, 1.82) is 5.26 Å². The first-order valence-corrected chi connectivity index (χ1v) is 5.42. The molecule has 0 saturated heterocycles. The Kier molecular flexibility index (Phi) is 5.48. The third-order valence-electron chi connectivity index (χ3n) is 2.17. The van der Waals surface area contributed by atoms with Crippen molar-refractivity contribution in [2.75, 3.05) is 13.2 Å². The van der Waals surface area contributed by atoms with Crippen LogP contribution in [0.1, 0.15) is 25.1 Å². The zero-order chi connectivity index (χ0) is 11.8. The molecule has 1 heterocycles. The molecule has 0 saturated carbocycles. The fourth-order valence-electron chi connectivity index (χ4n) is 1.29. The summed E-state index contributed by atoms with van der Waals surface area (Å²) in [5.74, 6) is 0. The second-order valence-corrected chi connectivity index (χ2v) is 3.60. The number of nitriles is 1. The van der Waals surface area contributed by atoms with Crippen molar-refractivity contribution in [3.63, 3.8) is 0 Å². The Labute approximate surface area is 96.3 Å². The number of nitrogens with one attached hydrogen (secondary N) is 1. The first kappa shape index (κ1) is 12.6. The summed E-state index contributed by atoms with van der Waals surface area (Å²) in [6, 6.07) is 6.03. The molecule has 0 aliphatic carbocycles. The van der Waals surface area contributed by atoms with Gasteiger partial charge in [0.15, 0.2) is 0 Å². The zero-order valence-corrected chi connectivity index (χ0v) is 9.73. The molecule has 1 unspecified atom stereocenters. The van der Waals surface area contributed by atoms with Gasteiger partial charge in [-0.2, -0.15) is 5.26 Å². The zero-order valence-electron chi connectivity index (χ0n) is 9.73. The summed E-state index contributed by atoms with van der Waals surface area (Å²) >= 11 is 0. The van der Waals surface area contributed by atoms with E-state index in [2.05, 4.69) is 17.2 Å². The van der Waals surface area contributed by atoms with Crippen LogP contribution in [0.25, 0.3) is 0 Å². The highest BCUT2D eigenvalue weighted by molar-refractivity contribution is 5.25. The summed E-state index contributed by atoms with van der Waals surface area (Å²) in [6.45, 7) is 6.22. The molecule has 4 heteroatoms. The highest BCUT2D eigenvalue weighted by Crippen LogP contribution is 2.01. The van der Waals surface area contributed by atoms with Crippen molar-refractivity contribution in [3.8, 4) is 6.07 Å². The van der Waals surface area contributed by atoms with Crippen molar-refractivity contribution in [3.05, 3.63) is 29.6 Å². The van der Waals surface area contributed by atoms with E-state index in [0.717, 1.165) is 18.7 Å². The molecule has 0 aliphatic heterocycles. The number of ether oxygens (including phenoxy) is 1. The van der Waals surface area contributed by atoms with E-state index < -0.39 is 0 Å². The molecule has 1 rings (SSSR count). The molecule has 4 nitrogen and oxygen atoms in total. The molecule has 0 spiro atoms. The van der Waals surface area contributed by atoms with Gasteiger partial charge < -0.3 is 10.1 Å². The maximum Gasteiger partial charge on any atom is 0.140 e.